The number of carboxylic acids is 2. The maximum absolute atomic E-state index is 12.8. The number of benzene rings is 2. The van der Waals surface area contributed by atoms with Gasteiger partial charge >= 0.3 is 18.1 Å². The van der Waals surface area contributed by atoms with Crippen LogP contribution in [-0.4, -0.2) is 63.0 Å². The van der Waals surface area contributed by atoms with Crippen LogP contribution >= 0.6 is 0 Å². The number of hydrogen-bond acceptors (Lipinski definition) is 6. The molecule has 0 aliphatic carbocycles. The van der Waals surface area contributed by atoms with Gasteiger partial charge in [0.1, 0.15) is 0 Å². The van der Waals surface area contributed by atoms with Crippen molar-refractivity contribution in [3.63, 3.8) is 0 Å². The van der Waals surface area contributed by atoms with Crippen molar-refractivity contribution in [1.82, 2.24) is 0 Å². The first-order valence-electron chi connectivity index (χ1n) is 9.82. The molecule has 0 bridgehead atoms. The number of ether oxygens (including phenoxy) is 1. The van der Waals surface area contributed by atoms with Crippen molar-refractivity contribution in [1.29, 1.82) is 0 Å². The normalized spacial score (nSPS) is 14.1. The standard InChI is InChI=1S/C19H22N2O5S.C2HF3O2/c1-13-3-4-14(2)18(11-13)27(24,25)20-15-5-6-17(16(12-15)19(22)23)21-7-9-26-10-8-21;3-2(4,5)1(6)7/h3-6,11-12,20H,7-10H2,1-2H3,(H,22,23);(H,6,7). The highest BCUT2D eigenvalue weighted by Crippen LogP contribution is 2.27. The highest BCUT2D eigenvalue weighted by atomic mass is 32.2. The molecule has 1 saturated heterocycles. The van der Waals surface area contributed by atoms with E-state index in [0.717, 1.165) is 5.56 Å². The number of hydrogen-bond donors (Lipinski definition) is 3. The van der Waals surface area contributed by atoms with Crippen LogP contribution in [0, 0.1) is 13.8 Å². The van der Waals surface area contributed by atoms with E-state index in [4.69, 9.17) is 14.6 Å². The van der Waals surface area contributed by atoms with Gasteiger partial charge in [-0.25, -0.2) is 18.0 Å². The van der Waals surface area contributed by atoms with Gasteiger partial charge in [-0.05, 0) is 49.2 Å². The third-order valence-electron chi connectivity index (χ3n) is 4.71. The molecule has 0 spiro atoms. The maximum Gasteiger partial charge on any atom is 0.490 e. The predicted octanol–water partition coefficient (Wildman–Crippen LogP) is 3.27. The fourth-order valence-corrected chi connectivity index (χ4v) is 4.44. The molecule has 2 aromatic rings. The summed E-state index contributed by atoms with van der Waals surface area (Å²) >= 11 is 0. The Bertz CT molecular complexity index is 1160. The van der Waals surface area contributed by atoms with Crippen LogP contribution in [0.15, 0.2) is 41.3 Å². The number of nitrogens with zero attached hydrogens (tertiary/aromatic N) is 1. The lowest BCUT2D eigenvalue weighted by molar-refractivity contribution is -0.192. The summed E-state index contributed by atoms with van der Waals surface area (Å²) < 4.78 is 65.0. The van der Waals surface area contributed by atoms with Crippen LogP contribution in [0.3, 0.4) is 0 Å². The first-order chi connectivity index (χ1) is 15.7. The van der Waals surface area contributed by atoms with Crippen LogP contribution in [0.5, 0.6) is 0 Å². The van der Waals surface area contributed by atoms with Crippen LogP contribution in [0.4, 0.5) is 24.5 Å². The molecule has 3 rings (SSSR count). The second kappa shape index (κ2) is 10.7. The Balaban J connectivity index is 0.000000509. The molecule has 13 heteroatoms. The minimum atomic E-state index is -5.08. The topological polar surface area (TPSA) is 133 Å². The Morgan fingerprint density at radius 2 is 1.62 bits per heavy atom. The Morgan fingerprint density at radius 1 is 1.03 bits per heavy atom. The lowest BCUT2D eigenvalue weighted by Gasteiger charge is -2.30. The van der Waals surface area contributed by atoms with Crippen molar-refractivity contribution in [3.8, 4) is 0 Å². The highest BCUT2D eigenvalue weighted by Gasteiger charge is 2.38. The second-order valence-electron chi connectivity index (χ2n) is 7.31. The summed E-state index contributed by atoms with van der Waals surface area (Å²) in [5.41, 5.74) is 2.27. The van der Waals surface area contributed by atoms with Crippen LogP contribution in [0.1, 0.15) is 21.5 Å². The molecule has 0 atom stereocenters. The molecule has 186 valence electrons. The highest BCUT2D eigenvalue weighted by molar-refractivity contribution is 7.92. The largest absolute Gasteiger partial charge is 0.490 e. The minimum Gasteiger partial charge on any atom is -0.478 e. The summed E-state index contributed by atoms with van der Waals surface area (Å²) in [4.78, 5) is 22.7. The van der Waals surface area contributed by atoms with Gasteiger partial charge in [0.2, 0.25) is 0 Å². The zero-order valence-corrected chi connectivity index (χ0v) is 19.0. The van der Waals surface area contributed by atoms with E-state index < -0.39 is 28.1 Å². The Labute approximate surface area is 193 Å². The molecule has 1 aliphatic rings. The number of anilines is 2. The average Bonchev–Trinajstić information content (AvgIpc) is 2.75. The summed E-state index contributed by atoms with van der Waals surface area (Å²) in [6, 6.07) is 9.76. The van der Waals surface area contributed by atoms with Crippen molar-refractivity contribution in [2.24, 2.45) is 0 Å². The molecule has 34 heavy (non-hydrogen) atoms. The van der Waals surface area contributed by atoms with E-state index in [0.29, 0.717) is 37.6 Å². The smallest absolute Gasteiger partial charge is 0.478 e. The monoisotopic (exact) mass is 504 g/mol. The Hall–Kier alpha value is -3.32. The number of sulfonamides is 1. The molecule has 9 nitrogen and oxygen atoms in total. The van der Waals surface area contributed by atoms with Crippen molar-refractivity contribution >= 4 is 33.3 Å². The van der Waals surface area contributed by atoms with Gasteiger partial charge in [-0.3, -0.25) is 4.72 Å². The number of rotatable bonds is 5. The molecule has 0 radical (unpaired) electrons. The minimum absolute atomic E-state index is 0.0538. The number of morpholine rings is 1. The fourth-order valence-electron chi connectivity index (χ4n) is 3.06. The van der Waals surface area contributed by atoms with Gasteiger partial charge in [0, 0.05) is 18.8 Å². The van der Waals surface area contributed by atoms with Gasteiger partial charge in [0.15, 0.2) is 0 Å². The molecule has 1 aliphatic heterocycles. The van der Waals surface area contributed by atoms with Gasteiger partial charge in [-0.1, -0.05) is 12.1 Å². The summed E-state index contributed by atoms with van der Waals surface area (Å²) in [6.45, 7) is 5.78. The lowest BCUT2D eigenvalue weighted by Crippen LogP contribution is -2.37. The van der Waals surface area contributed by atoms with E-state index in [2.05, 4.69) is 4.72 Å². The number of alkyl halides is 3. The van der Waals surface area contributed by atoms with E-state index in [9.17, 15) is 31.5 Å². The fraction of sp³-hybridized carbons (Fsp3) is 0.333. The number of halogens is 3. The number of aliphatic carboxylic acids is 1. The van der Waals surface area contributed by atoms with Crippen LogP contribution in [-0.2, 0) is 19.6 Å². The van der Waals surface area contributed by atoms with Gasteiger partial charge in [0.25, 0.3) is 10.0 Å². The molecular formula is C21H23F3N2O7S. The quantitative estimate of drug-likeness (QED) is 0.565. The van der Waals surface area contributed by atoms with Gasteiger partial charge in [0.05, 0.1) is 29.4 Å². The first kappa shape index (κ1) is 26.9. The Morgan fingerprint density at radius 3 is 2.15 bits per heavy atom. The van der Waals surface area contributed by atoms with E-state index >= 15 is 0 Å². The zero-order valence-electron chi connectivity index (χ0n) is 18.2. The molecular weight excluding hydrogens is 481 g/mol. The van der Waals surface area contributed by atoms with Crippen LogP contribution in [0.2, 0.25) is 0 Å². The van der Waals surface area contributed by atoms with Crippen molar-refractivity contribution in [3.05, 3.63) is 53.1 Å². The number of aromatic carboxylic acids is 1. The zero-order chi connectivity index (χ0) is 25.7. The van der Waals surface area contributed by atoms with Crippen molar-refractivity contribution in [2.45, 2.75) is 24.9 Å². The second-order valence-corrected chi connectivity index (χ2v) is 8.96. The van der Waals surface area contributed by atoms with E-state index in [1.807, 2.05) is 17.9 Å². The first-order valence-corrected chi connectivity index (χ1v) is 11.3. The maximum atomic E-state index is 12.8. The number of aryl methyl sites for hydroxylation is 2. The molecule has 0 unspecified atom stereocenters. The molecule has 2 aromatic carbocycles. The summed E-state index contributed by atoms with van der Waals surface area (Å²) in [5, 5.41) is 16.7. The number of carboxylic acid groups (broad SMARTS) is 2. The molecule has 0 amide bonds. The van der Waals surface area contributed by atoms with E-state index in [1.165, 1.54) is 6.07 Å². The lowest BCUT2D eigenvalue weighted by atomic mass is 10.1. The summed E-state index contributed by atoms with van der Waals surface area (Å²) in [5.74, 6) is -3.86. The third-order valence-corrected chi connectivity index (χ3v) is 6.23. The SMILES string of the molecule is Cc1ccc(C)c(S(=O)(=O)Nc2ccc(N3CCOCC3)c(C(=O)O)c2)c1.O=C(O)C(F)(F)F. The molecule has 3 N–H and O–H groups in total. The summed E-state index contributed by atoms with van der Waals surface area (Å²) in [6.07, 6.45) is -5.08. The van der Waals surface area contributed by atoms with E-state index in [1.54, 1.807) is 31.2 Å². The third kappa shape index (κ3) is 7.09. The van der Waals surface area contributed by atoms with Gasteiger partial charge in [-0.15, -0.1) is 0 Å². The number of nitrogens with one attached hydrogen (secondary N) is 1. The van der Waals surface area contributed by atoms with Crippen molar-refractivity contribution < 1.29 is 46.1 Å². The van der Waals surface area contributed by atoms with Crippen LogP contribution < -0.4 is 9.62 Å². The predicted molar refractivity (Wildman–Crippen MR) is 117 cm³/mol. The number of carbonyl (C=O) groups is 2. The average molecular weight is 504 g/mol. The summed E-state index contributed by atoms with van der Waals surface area (Å²) in [7, 11) is -3.82. The molecule has 1 fully saturated rings. The van der Waals surface area contributed by atoms with Gasteiger partial charge in [-0.2, -0.15) is 13.2 Å². The molecule has 1 heterocycles. The molecule has 0 saturated carbocycles. The van der Waals surface area contributed by atoms with E-state index in [-0.39, 0.29) is 16.1 Å². The van der Waals surface area contributed by atoms with Crippen LogP contribution in [0.25, 0.3) is 0 Å². The van der Waals surface area contributed by atoms with Gasteiger partial charge < -0.3 is 19.8 Å². The Kier molecular flexibility index (Phi) is 8.51. The molecule has 0 aromatic heterocycles. The van der Waals surface area contributed by atoms with Crippen molar-refractivity contribution in [2.75, 3.05) is 35.9 Å².